The minimum Gasteiger partial charge on any atom is -0.0616 e. The van der Waals surface area contributed by atoms with Crippen LogP contribution in [0, 0.1) is 0 Å². The van der Waals surface area contributed by atoms with Gasteiger partial charge in [0.2, 0.25) is 0 Å². The van der Waals surface area contributed by atoms with E-state index in [-0.39, 0.29) is 16.2 Å². The quantitative estimate of drug-likeness (QED) is 0.126. The number of hydrogen-bond donors (Lipinski definition) is 0. The van der Waals surface area contributed by atoms with Gasteiger partial charge in [-0.2, -0.15) is 0 Å². The van der Waals surface area contributed by atoms with Crippen LogP contribution in [0.5, 0.6) is 0 Å². The molecule has 1 aliphatic rings. The average molecular weight is 683 g/mol. The van der Waals surface area contributed by atoms with Gasteiger partial charge in [-0.25, -0.2) is 0 Å². The van der Waals surface area contributed by atoms with Gasteiger partial charge in [-0.1, -0.05) is 171 Å². The van der Waals surface area contributed by atoms with Gasteiger partial charge in [0.25, 0.3) is 0 Å². The van der Waals surface area contributed by atoms with E-state index in [1.54, 1.807) is 0 Å². The van der Waals surface area contributed by atoms with Crippen molar-refractivity contribution >= 4 is 53.9 Å². The van der Waals surface area contributed by atoms with E-state index < -0.39 is 0 Å². The lowest BCUT2D eigenvalue weighted by Crippen LogP contribution is -2.15. The van der Waals surface area contributed by atoms with Crippen LogP contribution in [-0.4, -0.2) is 0 Å². The van der Waals surface area contributed by atoms with Crippen molar-refractivity contribution in [3.63, 3.8) is 0 Å². The Hall–Kier alpha value is -5.46. The van der Waals surface area contributed by atoms with E-state index in [9.17, 15) is 0 Å². The molecule has 0 N–H and O–H groups in total. The molecule has 0 spiro atoms. The van der Waals surface area contributed by atoms with Gasteiger partial charge < -0.3 is 0 Å². The lowest BCUT2D eigenvalue weighted by molar-refractivity contribution is 0.589. The van der Waals surface area contributed by atoms with Crippen LogP contribution >= 0.6 is 0 Å². The van der Waals surface area contributed by atoms with Gasteiger partial charge >= 0.3 is 0 Å². The molecule has 0 atom stereocenters. The van der Waals surface area contributed by atoms with E-state index in [1.165, 1.54) is 109 Å². The highest BCUT2D eigenvalue weighted by Crippen LogP contribution is 2.52. The summed E-state index contributed by atoms with van der Waals surface area (Å²) in [5, 5.41) is 13.4. The fourth-order valence-electron chi connectivity index (χ4n) is 9.46. The first-order valence-electron chi connectivity index (χ1n) is 19.3. The maximum absolute atomic E-state index is 2.50. The summed E-state index contributed by atoms with van der Waals surface area (Å²) in [7, 11) is 0. The van der Waals surface area contributed by atoms with Crippen molar-refractivity contribution in [3.8, 4) is 33.4 Å². The van der Waals surface area contributed by atoms with Crippen LogP contribution in [-0.2, 0) is 16.2 Å². The monoisotopic (exact) mass is 682 g/mol. The lowest BCUT2D eigenvalue weighted by Gasteiger charge is -2.25. The molecular formula is C53H46. The second-order valence-corrected chi connectivity index (χ2v) is 18.2. The highest BCUT2D eigenvalue weighted by Gasteiger charge is 2.36. The Labute approximate surface area is 313 Å². The Balaban J connectivity index is 1.13. The Bertz CT molecular complexity index is 2970. The van der Waals surface area contributed by atoms with Crippen molar-refractivity contribution in [1.29, 1.82) is 0 Å². The minimum absolute atomic E-state index is 0.0432. The SMILES string of the molecule is CC(C)(C)c1ccc2c(-c3ccc4c(c3)C(C)(C)c3cc(-c5ccc6c7ccccc7c7cccc8ccc5c6c87)ccc3-4)cc(C(C)(C)C)cc2c1. The maximum Gasteiger partial charge on any atom is 0.0159 e. The molecule has 0 unspecified atom stereocenters. The first kappa shape index (κ1) is 32.2. The highest BCUT2D eigenvalue weighted by molar-refractivity contribution is 6.35. The van der Waals surface area contributed by atoms with E-state index >= 15 is 0 Å². The Kier molecular flexibility index (Phi) is 6.56. The Morgan fingerprint density at radius 1 is 0.358 bits per heavy atom. The topological polar surface area (TPSA) is 0 Å². The molecule has 9 aromatic carbocycles. The largest absolute Gasteiger partial charge is 0.0616 e. The summed E-state index contributed by atoms with van der Waals surface area (Å²) in [4.78, 5) is 0. The fourth-order valence-corrected chi connectivity index (χ4v) is 9.46. The standard InChI is InChI=1S/C53H46/c1-51(2,3)35-19-23-38-34(26-35)27-36(52(4,5)6)30-46(38)33-18-21-42-41-20-17-32(28-47(41)53(7,8)48(42)29-33)37-24-25-45-40-14-10-9-13-39(40)43-15-11-12-31-16-22-44(37)50(45)49(31)43/h9-30H,1-8H3. The normalized spacial score (nSPS) is 14.2. The van der Waals surface area contributed by atoms with Crippen LogP contribution in [0.1, 0.15) is 77.6 Å². The number of hydrogen-bond acceptors (Lipinski definition) is 0. The molecule has 0 aromatic heterocycles. The second kappa shape index (κ2) is 10.8. The third-order valence-corrected chi connectivity index (χ3v) is 12.5. The van der Waals surface area contributed by atoms with Crippen molar-refractivity contribution in [2.24, 2.45) is 0 Å². The Morgan fingerprint density at radius 2 is 0.906 bits per heavy atom. The molecule has 258 valence electrons. The molecule has 10 rings (SSSR count). The smallest absolute Gasteiger partial charge is 0.0159 e. The second-order valence-electron chi connectivity index (χ2n) is 18.2. The lowest BCUT2D eigenvalue weighted by atomic mass is 9.79. The third kappa shape index (κ3) is 4.67. The van der Waals surface area contributed by atoms with Gasteiger partial charge in [0.15, 0.2) is 0 Å². The number of rotatable bonds is 2. The van der Waals surface area contributed by atoms with Gasteiger partial charge in [-0.3, -0.25) is 0 Å². The predicted octanol–water partition coefficient (Wildman–Crippen LogP) is 15.1. The summed E-state index contributed by atoms with van der Waals surface area (Å²) >= 11 is 0. The van der Waals surface area contributed by atoms with Crippen LogP contribution in [0.15, 0.2) is 133 Å². The summed E-state index contributed by atoms with van der Waals surface area (Å²) in [5.74, 6) is 0. The summed E-state index contributed by atoms with van der Waals surface area (Å²) < 4.78 is 0. The average Bonchev–Trinajstić information content (AvgIpc) is 3.37. The van der Waals surface area contributed by atoms with E-state index in [4.69, 9.17) is 0 Å². The molecule has 1 aliphatic carbocycles. The number of benzene rings is 9. The van der Waals surface area contributed by atoms with Crippen LogP contribution in [0.3, 0.4) is 0 Å². The van der Waals surface area contributed by atoms with Crippen molar-refractivity contribution in [1.82, 2.24) is 0 Å². The van der Waals surface area contributed by atoms with Crippen LogP contribution in [0.25, 0.3) is 87.2 Å². The molecule has 0 aliphatic heterocycles. The molecule has 0 heterocycles. The van der Waals surface area contributed by atoms with Crippen LogP contribution in [0.4, 0.5) is 0 Å². The Morgan fingerprint density at radius 3 is 1.57 bits per heavy atom. The van der Waals surface area contributed by atoms with Gasteiger partial charge in [0, 0.05) is 5.41 Å². The molecule has 0 amide bonds. The van der Waals surface area contributed by atoms with Crippen molar-refractivity contribution < 1.29 is 0 Å². The van der Waals surface area contributed by atoms with Crippen molar-refractivity contribution in [2.75, 3.05) is 0 Å². The van der Waals surface area contributed by atoms with Gasteiger partial charge in [0.05, 0.1) is 0 Å². The molecule has 0 radical (unpaired) electrons. The molecule has 0 heteroatoms. The summed E-state index contributed by atoms with van der Waals surface area (Å²) in [6, 6.07) is 51.5. The van der Waals surface area contributed by atoms with Crippen molar-refractivity contribution in [2.45, 2.75) is 71.6 Å². The van der Waals surface area contributed by atoms with Gasteiger partial charge in [-0.15, -0.1) is 0 Å². The van der Waals surface area contributed by atoms with Crippen LogP contribution in [0.2, 0.25) is 0 Å². The molecule has 0 saturated carbocycles. The first-order chi connectivity index (χ1) is 25.3. The van der Waals surface area contributed by atoms with Gasteiger partial charge in [-0.05, 0) is 139 Å². The van der Waals surface area contributed by atoms with E-state index in [0.717, 1.165) is 0 Å². The maximum atomic E-state index is 2.50. The van der Waals surface area contributed by atoms with Crippen molar-refractivity contribution in [3.05, 3.63) is 156 Å². The molecule has 9 aromatic rings. The predicted molar refractivity (Wildman–Crippen MR) is 231 cm³/mol. The third-order valence-electron chi connectivity index (χ3n) is 12.5. The molecule has 0 bridgehead atoms. The molecule has 0 saturated heterocycles. The molecule has 53 heavy (non-hydrogen) atoms. The van der Waals surface area contributed by atoms with Crippen LogP contribution < -0.4 is 0 Å². The molecule has 0 nitrogen and oxygen atoms in total. The zero-order valence-electron chi connectivity index (χ0n) is 32.2. The summed E-state index contributed by atoms with van der Waals surface area (Å²) in [6.07, 6.45) is 0. The van der Waals surface area contributed by atoms with E-state index in [2.05, 4.69) is 189 Å². The molecule has 0 fully saturated rings. The molecular weight excluding hydrogens is 637 g/mol. The zero-order chi connectivity index (χ0) is 36.6. The number of fused-ring (bicyclic) bond motifs is 7. The van der Waals surface area contributed by atoms with E-state index in [0.29, 0.717) is 0 Å². The minimum atomic E-state index is -0.145. The zero-order valence-corrected chi connectivity index (χ0v) is 32.2. The summed E-state index contributed by atoms with van der Waals surface area (Å²) in [5.41, 5.74) is 13.5. The fraction of sp³-hybridized carbons (Fsp3) is 0.208. The van der Waals surface area contributed by atoms with Gasteiger partial charge in [0.1, 0.15) is 0 Å². The first-order valence-corrected chi connectivity index (χ1v) is 19.3. The summed E-state index contributed by atoms with van der Waals surface area (Å²) in [6.45, 7) is 18.7. The highest BCUT2D eigenvalue weighted by atomic mass is 14.4. The van der Waals surface area contributed by atoms with E-state index in [1.807, 2.05) is 0 Å².